The van der Waals surface area contributed by atoms with Gasteiger partial charge < -0.3 is 5.32 Å². The molecule has 2 rings (SSSR count). The second-order valence-electron chi connectivity index (χ2n) is 5.46. The Bertz CT molecular complexity index is 882. The molecule has 0 unspecified atom stereocenters. The van der Waals surface area contributed by atoms with Crippen LogP contribution < -0.4 is 10.9 Å². The van der Waals surface area contributed by atoms with Crippen molar-refractivity contribution in [3.63, 3.8) is 0 Å². The van der Waals surface area contributed by atoms with Crippen LogP contribution in [0.1, 0.15) is 31.5 Å². The quantitative estimate of drug-likeness (QED) is 0.631. The molecule has 0 radical (unpaired) electrons. The average Bonchev–Trinajstić information content (AvgIpc) is 2.54. The van der Waals surface area contributed by atoms with Crippen LogP contribution in [0.15, 0.2) is 41.3 Å². The maximum absolute atomic E-state index is 12.4. The van der Waals surface area contributed by atoms with Crippen LogP contribution in [0.4, 0.5) is 5.69 Å². The molecule has 7 nitrogen and oxygen atoms in total. The molecule has 2 aromatic rings. The van der Waals surface area contributed by atoms with Crippen LogP contribution in [0.5, 0.6) is 0 Å². The van der Waals surface area contributed by atoms with E-state index in [4.69, 9.17) is 23.2 Å². The van der Waals surface area contributed by atoms with E-state index in [0.29, 0.717) is 15.6 Å². The van der Waals surface area contributed by atoms with Gasteiger partial charge in [-0.15, -0.1) is 0 Å². The minimum absolute atomic E-state index is 0.270. The van der Waals surface area contributed by atoms with Gasteiger partial charge in [-0.3, -0.25) is 24.3 Å². The monoisotopic (exact) mass is 383 g/mol. The van der Waals surface area contributed by atoms with Gasteiger partial charge in [0, 0.05) is 22.2 Å². The number of pyridine rings is 1. The Hall–Kier alpha value is -2.38. The fourth-order valence-corrected chi connectivity index (χ4v) is 2.87. The number of hydrogen-bond acceptors (Lipinski definition) is 4. The molecule has 0 saturated heterocycles. The molecule has 0 fully saturated rings. The molecule has 0 aliphatic carbocycles. The summed E-state index contributed by atoms with van der Waals surface area (Å²) < 4.78 is 1.02. The summed E-state index contributed by atoms with van der Waals surface area (Å²) in [5.74, 6) is -0.471. The molecule has 0 bridgehead atoms. The second kappa shape index (κ2) is 7.67. The highest BCUT2D eigenvalue weighted by Crippen LogP contribution is 2.26. The molecular formula is C16H15Cl2N3O4. The van der Waals surface area contributed by atoms with Crippen molar-refractivity contribution in [1.29, 1.82) is 0 Å². The predicted octanol–water partition coefficient (Wildman–Crippen LogP) is 3.50. The van der Waals surface area contributed by atoms with E-state index in [-0.39, 0.29) is 5.69 Å². The zero-order valence-corrected chi connectivity index (χ0v) is 14.9. The lowest BCUT2D eigenvalue weighted by Crippen LogP contribution is -2.36. The number of carbonyl (C=O) groups excluding carboxylic acids is 1. The maximum atomic E-state index is 12.4. The first-order chi connectivity index (χ1) is 11.7. The number of hydrogen-bond donors (Lipinski definition) is 1. The van der Waals surface area contributed by atoms with E-state index in [2.05, 4.69) is 5.32 Å². The SMILES string of the molecule is C[C@H](NC(=O)[C@@H](C)n1cc([N+](=O)[O-])ccc1=O)c1ccc(Cl)cc1Cl. The van der Waals surface area contributed by atoms with Gasteiger partial charge in [-0.2, -0.15) is 0 Å². The molecule has 9 heteroatoms. The van der Waals surface area contributed by atoms with E-state index in [9.17, 15) is 19.7 Å². The second-order valence-corrected chi connectivity index (χ2v) is 6.31. The molecule has 1 aromatic carbocycles. The summed E-state index contributed by atoms with van der Waals surface area (Å²) in [4.78, 5) is 34.6. The van der Waals surface area contributed by atoms with E-state index < -0.39 is 28.5 Å². The Morgan fingerprint density at radius 2 is 1.92 bits per heavy atom. The maximum Gasteiger partial charge on any atom is 0.285 e. The van der Waals surface area contributed by atoms with E-state index in [1.54, 1.807) is 25.1 Å². The first kappa shape index (κ1) is 19.0. The van der Waals surface area contributed by atoms with Gasteiger partial charge >= 0.3 is 0 Å². The van der Waals surface area contributed by atoms with Crippen LogP contribution in [-0.4, -0.2) is 15.4 Å². The first-order valence-corrected chi connectivity index (χ1v) is 8.08. The van der Waals surface area contributed by atoms with Gasteiger partial charge in [-0.25, -0.2) is 0 Å². The van der Waals surface area contributed by atoms with Gasteiger partial charge in [-0.1, -0.05) is 29.3 Å². The topological polar surface area (TPSA) is 94.2 Å². The minimum atomic E-state index is -0.930. The Kier molecular flexibility index (Phi) is 5.81. The molecule has 0 saturated carbocycles. The van der Waals surface area contributed by atoms with Crippen molar-refractivity contribution >= 4 is 34.8 Å². The third-order valence-corrected chi connectivity index (χ3v) is 4.28. The van der Waals surface area contributed by atoms with Gasteiger partial charge in [0.25, 0.3) is 11.2 Å². The van der Waals surface area contributed by atoms with Crippen molar-refractivity contribution in [3.8, 4) is 0 Å². The van der Waals surface area contributed by atoms with Gasteiger partial charge in [0.05, 0.1) is 17.2 Å². The van der Waals surface area contributed by atoms with Crippen LogP contribution in [0, 0.1) is 10.1 Å². The Morgan fingerprint density at radius 3 is 2.52 bits per heavy atom. The number of nitro groups is 1. The third-order valence-electron chi connectivity index (χ3n) is 3.72. The first-order valence-electron chi connectivity index (χ1n) is 7.32. The van der Waals surface area contributed by atoms with Crippen molar-refractivity contribution in [1.82, 2.24) is 9.88 Å². The van der Waals surface area contributed by atoms with Crippen LogP contribution >= 0.6 is 23.2 Å². The molecule has 0 spiro atoms. The zero-order chi connectivity index (χ0) is 18.7. The molecular weight excluding hydrogens is 369 g/mol. The van der Waals surface area contributed by atoms with E-state index in [1.165, 1.54) is 6.92 Å². The normalized spacial score (nSPS) is 13.1. The lowest BCUT2D eigenvalue weighted by Gasteiger charge is -2.20. The van der Waals surface area contributed by atoms with E-state index in [0.717, 1.165) is 22.9 Å². The summed E-state index contributed by atoms with van der Waals surface area (Å²) in [7, 11) is 0. The summed E-state index contributed by atoms with van der Waals surface area (Å²) >= 11 is 12.0. The number of rotatable bonds is 5. The third kappa shape index (κ3) is 4.37. The summed E-state index contributed by atoms with van der Waals surface area (Å²) in [5.41, 5.74) is -0.114. The van der Waals surface area contributed by atoms with Crippen molar-refractivity contribution in [2.45, 2.75) is 25.9 Å². The number of benzene rings is 1. The molecule has 132 valence electrons. The van der Waals surface area contributed by atoms with Crippen LogP contribution in [0.2, 0.25) is 10.0 Å². The van der Waals surface area contributed by atoms with Gasteiger partial charge in [0.2, 0.25) is 5.91 Å². The van der Waals surface area contributed by atoms with Crippen LogP contribution in [-0.2, 0) is 4.79 Å². The number of nitrogens with one attached hydrogen (secondary N) is 1. The van der Waals surface area contributed by atoms with E-state index in [1.807, 2.05) is 0 Å². The predicted molar refractivity (Wildman–Crippen MR) is 95.1 cm³/mol. The molecule has 0 aliphatic rings. The molecule has 1 N–H and O–H groups in total. The zero-order valence-electron chi connectivity index (χ0n) is 13.4. The summed E-state index contributed by atoms with van der Waals surface area (Å²) in [6, 6.07) is 5.70. The number of nitrogens with zero attached hydrogens (tertiary/aromatic N) is 2. The van der Waals surface area contributed by atoms with Gasteiger partial charge in [0.1, 0.15) is 6.04 Å². The lowest BCUT2D eigenvalue weighted by molar-refractivity contribution is -0.385. The molecule has 2 atom stereocenters. The highest BCUT2D eigenvalue weighted by Gasteiger charge is 2.21. The van der Waals surface area contributed by atoms with Gasteiger partial charge in [0.15, 0.2) is 0 Å². The highest BCUT2D eigenvalue weighted by atomic mass is 35.5. The van der Waals surface area contributed by atoms with Crippen molar-refractivity contribution < 1.29 is 9.72 Å². The number of carbonyl (C=O) groups is 1. The average molecular weight is 384 g/mol. The molecule has 1 amide bonds. The number of halogens is 2. The number of aromatic nitrogens is 1. The Morgan fingerprint density at radius 1 is 1.24 bits per heavy atom. The molecule has 25 heavy (non-hydrogen) atoms. The smallest absolute Gasteiger partial charge is 0.285 e. The van der Waals surface area contributed by atoms with Crippen LogP contribution in [0.25, 0.3) is 0 Å². The largest absolute Gasteiger partial charge is 0.348 e. The Labute approximate surface area is 153 Å². The molecule has 0 aliphatic heterocycles. The number of amides is 1. The van der Waals surface area contributed by atoms with Crippen molar-refractivity contribution in [2.24, 2.45) is 0 Å². The molecule has 1 aromatic heterocycles. The summed E-state index contributed by atoms with van der Waals surface area (Å²) in [5, 5.41) is 14.5. The van der Waals surface area contributed by atoms with Crippen molar-refractivity contribution in [2.75, 3.05) is 0 Å². The highest BCUT2D eigenvalue weighted by molar-refractivity contribution is 6.35. The fraction of sp³-hybridized carbons (Fsp3) is 0.250. The summed E-state index contributed by atoms with van der Waals surface area (Å²) in [6.45, 7) is 3.21. The lowest BCUT2D eigenvalue weighted by atomic mass is 10.1. The standard InChI is InChI=1S/C16H15Cl2N3O4/c1-9(13-5-3-11(17)7-14(13)18)19-16(23)10(2)20-8-12(21(24)25)4-6-15(20)22/h3-10H,1-2H3,(H,19,23)/t9-,10+/m0/s1. The van der Waals surface area contributed by atoms with E-state index >= 15 is 0 Å². The van der Waals surface area contributed by atoms with Gasteiger partial charge in [-0.05, 0) is 31.5 Å². The van der Waals surface area contributed by atoms with Crippen LogP contribution in [0.3, 0.4) is 0 Å². The van der Waals surface area contributed by atoms with Crippen molar-refractivity contribution in [3.05, 3.63) is 72.6 Å². The fourth-order valence-electron chi connectivity index (χ4n) is 2.29. The summed E-state index contributed by atoms with van der Waals surface area (Å²) in [6.07, 6.45) is 1.05. The molecule has 1 heterocycles. The Balaban J connectivity index is 2.21. The minimum Gasteiger partial charge on any atom is -0.348 e.